The van der Waals surface area contributed by atoms with Crippen molar-refractivity contribution in [3.63, 3.8) is 0 Å². The van der Waals surface area contributed by atoms with Crippen LogP contribution in [0.25, 0.3) is 0 Å². The first-order chi connectivity index (χ1) is 17.1. The molecule has 3 rings (SSSR count). The van der Waals surface area contributed by atoms with E-state index in [9.17, 15) is 21.6 Å². The number of hydrogen-bond donors (Lipinski definition) is 2. The zero-order valence-electron chi connectivity index (χ0n) is 19.9. The van der Waals surface area contributed by atoms with E-state index in [1.165, 1.54) is 34.6 Å². The minimum absolute atomic E-state index is 0.0134. The van der Waals surface area contributed by atoms with Gasteiger partial charge < -0.3 is 14.8 Å². The Morgan fingerprint density at radius 1 is 1.06 bits per heavy atom. The molecule has 0 bridgehead atoms. The molecule has 0 spiro atoms. The summed E-state index contributed by atoms with van der Waals surface area (Å²) in [5.74, 6) is -0.244. The Kier molecular flexibility index (Phi) is 10.1. The van der Waals surface area contributed by atoms with E-state index in [4.69, 9.17) is 21.1 Å². The first kappa shape index (κ1) is 28.4. The van der Waals surface area contributed by atoms with Gasteiger partial charge in [0.05, 0.1) is 28.0 Å². The highest BCUT2D eigenvalue weighted by molar-refractivity contribution is 7.89. The van der Waals surface area contributed by atoms with Crippen LogP contribution >= 0.6 is 11.6 Å². The SMILES string of the molecule is CCCCNS(=O)(=O)c1ccc(OCC(=O)NCc2ccc(S(=O)(=O)N3CCOCC3)cc2)c(Cl)c1. The Morgan fingerprint density at radius 3 is 2.36 bits per heavy atom. The van der Waals surface area contributed by atoms with Crippen molar-refractivity contribution in [3.05, 3.63) is 53.1 Å². The summed E-state index contributed by atoms with van der Waals surface area (Å²) in [5.41, 5.74) is 0.715. The van der Waals surface area contributed by atoms with Crippen molar-refractivity contribution in [1.82, 2.24) is 14.3 Å². The van der Waals surface area contributed by atoms with E-state index in [0.717, 1.165) is 12.8 Å². The molecule has 36 heavy (non-hydrogen) atoms. The van der Waals surface area contributed by atoms with Gasteiger partial charge in [-0.2, -0.15) is 4.31 Å². The van der Waals surface area contributed by atoms with Gasteiger partial charge in [-0.1, -0.05) is 37.1 Å². The molecule has 13 heteroatoms. The molecule has 10 nitrogen and oxygen atoms in total. The molecular weight excluding hydrogens is 530 g/mol. The van der Waals surface area contributed by atoms with Crippen molar-refractivity contribution in [1.29, 1.82) is 0 Å². The average molecular weight is 560 g/mol. The fourth-order valence-electron chi connectivity index (χ4n) is 3.34. The number of benzene rings is 2. The first-order valence-corrected chi connectivity index (χ1v) is 14.8. The monoisotopic (exact) mass is 559 g/mol. The first-order valence-electron chi connectivity index (χ1n) is 11.5. The number of halogens is 1. The van der Waals surface area contributed by atoms with Crippen molar-refractivity contribution in [2.24, 2.45) is 0 Å². The van der Waals surface area contributed by atoms with Gasteiger partial charge >= 0.3 is 0 Å². The smallest absolute Gasteiger partial charge is 0.258 e. The molecule has 2 N–H and O–H groups in total. The standard InChI is InChI=1S/C23H30ClN3O7S2/c1-2-3-10-26-35(29,30)20-8-9-22(21(24)15-20)34-17-23(28)25-16-18-4-6-19(7-5-18)36(31,32)27-11-13-33-14-12-27/h4-9,15,26H,2-3,10-14,16-17H2,1H3,(H,25,28). The largest absolute Gasteiger partial charge is 0.482 e. The van der Waals surface area contributed by atoms with E-state index < -0.39 is 26.0 Å². The Morgan fingerprint density at radius 2 is 1.72 bits per heavy atom. The number of carbonyl (C=O) groups excluding carboxylic acids is 1. The number of carbonyl (C=O) groups is 1. The van der Waals surface area contributed by atoms with Crippen LogP contribution in [0.5, 0.6) is 5.75 Å². The molecular formula is C23H30ClN3O7S2. The predicted molar refractivity (Wildman–Crippen MR) is 135 cm³/mol. The molecule has 1 heterocycles. The van der Waals surface area contributed by atoms with Crippen LogP contribution in [0.15, 0.2) is 52.3 Å². The topological polar surface area (TPSA) is 131 Å². The molecule has 0 aliphatic carbocycles. The molecule has 0 saturated carbocycles. The van der Waals surface area contributed by atoms with E-state index >= 15 is 0 Å². The number of amides is 1. The minimum Gasteiger partial charge on any atom is -0.482 e. The zero-order valence-corrected chi connectivity index (χ0v) is 22.3. The van der Waals surface area contributed by atoms with Crippen molar-refractivity contribution in [2.75, 3.05) is 39.5 Å². The van der Waals surface area contributed by atoms with E-state index in [2.05, 4.69) is 10.0 Å². The van der Waals surface area contributed by atoms with Gasteiger partial charge in [-0.25, -0.2) is 21.6 Å². The van der Waals surface area contributed by atoms with Crippen LogP contribution in [0.4, 0.5) is 0 Å². The second-order valence-corrected chi connectivity index (χ2v) is 12.2. The quantitative estimate of drug-likeness (QED) is 0.381. The van der Waals surface area contributed by atoms with Crippen LogP contribution in [0.3, 0.4) is 0 Å². The average Bonchev–Trinajstić information content (AvgIpc) is 2.87. The minimum atomic E-state index is -3.68. The van der Waals surface area contributed by atoms with Gasteiger partial charge in [0.2, 0.25) is 20.0 Å². The molecule has 2 aromatic rings. The Labute approximate surface area is 217 Å². The van der Waals surface area contributed by atoms with Gasteiger partial charge in [0.15, 0.2) is 6.61 Å². The second kappa shape index (κ2) is 12.8. The molecule has 0 aromatic heterocycles. The van der Waals surface area contributed by atoms with Gasteiger partial charge in [0.1, 0.15) is 5.75 Å². The van der Waals surface area contributed by atoms with E-state index in [0.29, 0.717) is 38.4 Å². The molecule has 0 unspecified atom stereocenters. The summed E-state index contributed by atoms with van der Waals surface area (Å²) in [6.45, 7) is 3.52. The van der Waals surface area contributed by atoms with Crippen molar-refractivity contribution < 1.29 is 31.1 Å². The summed E-state index contributed by atoms with van der Waals surface area (Å²) in [7, 11) is -7.26. The summed E-state index contributed by atoms with van der Waals surface area (Å²) < 4.78 is 64.5. The van der Waals surface area contributed by atoms with Crippen LogP contribution in [0, 0.1) is 0 Å². The lowest BCUT2D eigenvalue weighted by atomic mass is 10.2. The maximum Gasteiger partial charge on any atom is 0.258 e. The summed E-state index contributed by atoms with van der Waals surface area (Å²) in [5, 5.41) is 2.75. The lowest BCUT2D eigenvalue weighted by Crippen LogP contribution is -2.40. The fraction of sp³-hybridized carbons (Fsp3) is 0.435. The fourth-order valence-corrected chi connectivity index (χ4v) is 6.15. The molecule has 1 aliphatic heterocycles. The van der Waals surface area contributed by atoms with Gasteiger partial charge in [0, 0.05) is 26.2 Å². The molecule has 0 atom stereocenters. The number of sulfonamides is 2. The molecule has 1 aliphatic rings. The van der Waals surface area contributed by atoms with Gasteiger partial charge in [-0.15, -0.1) is 0 Å². The lowest BCUT2D eigenvalue weighted by molar-refractivity contribution is -0.123. The van der Waals surface area contributed by atoms with Crippen LogP contribution in [-0.2, 0) is 36.1 Å². The summed E-state index contributed by atoms with van der Waals surface area (Å²) in [4.78, 5) is 12.4. The second-order valence-electron chi connectivity index (χ2n) is 8.07. The van der Waals surface area contributed by atoms with Crippen LogP contribution in [-0.4, -0.2) is 66.5 Å². The number of hydrogen-bond acceptors (Lipinski definition) is 7. The Bertz CT molecular complexity index is 1250. The molecule has 1 saturated heterocycles. The maximum atomic E-state index is 12.7. The molecule has 0 radical (unpaired) electrons. The number of rotatable bonds is 12. The summed E-state index contributed by atoms with van der Waals surface area (Å²) in [6, 6.07) is 10.3. The van der Waals surface area contributed by atoms with E-state index in [1.807, 2.05) is 6.92 Å². The predicted octanol–water partition coefficient (Wildman–Crippen LogP) is 2.13. The van der Waals surface area contributed by atoms with Gasteiger partial charge in [-0.3, -0.25) is 4.79 Å². The number of ether oxygens (including phenoxy) is 2. The number of nitrogens with zero attached hydrogens (tertiary/aromatic N) is 1. The number of unbranched alkanes of at least 4 members (excludes halogenated alkanes) is 1. The summed E-state index contributed by atoms with van der Waals surface area (Å²) >= 11 is 6.15. The maximum absolute atomic E-state index is 12.7. The molecule has 198 valence electrons. The Balaban J connectivity index is 1.50. The normalized spacial score (nSPS) is 14.9. The third kappa shape index (κ3) is 7.64. The van der Waals surface area contributed by atoms with Crippen LogP contribution in [0.2, 0.25) is 5.02 Å². The molecule has 2 aromatic carbocycles. The van der Waals surface area contributed by atoms with Crippen molar-refractivity contribution in [2.45, 2.75) is 36.1 Å². The third-order valence-electron chi connectivity index (χ3n) is 5.42. The van der Waals surface area contributed by atoms with E-state index in [1.54, 1.807) is 12.1 Å². The highest BCUT2D eigenvalue weighted by Crippen LogP contribution is 2.27. The highest BCUT2D eigenvalue weighted by Gasteiger charge is 2.26. The third-order valence-corrected chi connectivity index (χ3v) is 9.08. The molecule has 1 amide bonds. The summed E-state index contributed by atoms with van der Waals surface area (Å²) in [6.07, 6.45) is 1.58. The van der Waals surface area contributed by atoms with Crippen molar-refractivity contribution >= 4 is 37.6 Å². The zero-order chi connectivity index (χ0) is 26.2. The van der Waals surface area contributed by atoms with Crippen LogP contribution in [0.1, 0.15) is 25.3 Å². The highest BCUT2D eigenvalue weighted by atomic mass is 35.5. The Hall–Kier alpha value is -2.22. The van der Waals surface area contributed by atoms with Gasteiger partial charge in [0.25, 0.3) is 5.91 Å². The number of nitrogens with one attached hydrogen (secondary N) is 2. The van der Waals surface area contributed by atoms with E-state index in [-0.39, 0.29) is 33.7 Å². The lowest BCUT2D eigenvalue weighted by Gasteiger charge is -2.26. The number of morpholine rings is 1. The van der Waals surface area contributed by atoms with Crippen molar-refractivity contribution in [3.8, 4) is 5.75 Å². The van der Waals surface area contributed by atoms with Gasteiger partial charge in [-0.05, 0) is 42.3 Å². The van der Waals surface area contributed by atoms with Crippen LogP contribution < -0.4 is 14.8 Å². The molecule has 1 fully saturated rings.